The molecule has 2 N–H and O–H groups in total. The van der Waals surface area contributed by atoms with Gasteiger partial charge < -0.3 is 20.4 Å². The van der Waals surface area contributed by atoms with E-state index in [1.165, 1.54) is 0 Å². The van der Waals surface area contributed by atoms with Crippen molar-refractivity contribution in [3.8, 4) is 6.07 Å². The van der Waals surface area contributed by atoms with Gasteiger partial charge in [0, 0.05) is 36.4 Å². The minimum atomic E-state index is -0.280. The molecular weight excluding hydrogens is 401 g/mol. The molecule has 152 valence electrons. The lowest BCUT2D eigenvalue weighted by Crippen LogP contribution is -2.49. The lowest BCUT2D eigenvalue weighted by Gasteiger charge is -2.32. The van der Waals surface area contributed by atoms with Crippen molar-refractivity contribution < 1.29 is 9.59 Å². The third kappa shape index (κ3) is 5.74. The van der Waals surface area contributed by atoms with E-state index in [1.54, 1.807) is 34.1 Å². The van der Waals surface area contributed by atoms with E-state index in [0.717, 1.165) is 25.7 Å². The molecule has 1 aromatic rings. The summed E-state index contributed by atoms with van der Waals surface area (Å²) in [5.41, 5.74) is 0.716. The van der Waals surface area contributed by atoms with Crippen molar-refractivity contribution in [3.63, 3.8) is 0 Å². The number of nitriles is 1. The SMILES string of the molecule is Cl.N#C[C@@H]1CCCN1C(=O)CNC1CCN(C(=O)Nc2ccc(Cl)cc2)CC1. The smallest absolute Gasteiger partial charge is 0.321 e. The highest BCUT2D eigenvalue weighted by Gasteiger charge is 2.29. The summed E-state index contributed by atoms with van der Waals surface area (Å²) < 4.78 is 0. The van der Waals surface area contributed by atoms with Crippen LogP contribution in [0.1, 0.15) is 25.7 Å². The van der Waals surface area contributed by atoms with E-state index in [9.17, 15) is 9.59 Å². The molecule has 2 heterocycles. The number of amides is 3. The number of anilines is 1. The van der Waals surface area contributed by atoms with Crippen LogP contribution in [0.15, 0.2) is 24.3 Å². The largest absolute Gasteiger partial charge is 0.326 e. The molecule has 2 aliphatic rings. The van der Waals surface area contributed by atoms with E-state index in [1.807, 2.05) is 0 Å². The maximum absolute atomic E-state index is 12.3. The van der Waals surface area contributed by atoms with Crippen LogP contribution in [-0.2, 0) is 4.79 Å². The highest BCUT2D eigenvalue weighted by molar-refractivity contribution is 6.30. The molecule has 0 aliphatic carbocycles. The van der Waals surface area contributed by atoms with Crippen molar-refractivity contribution in [2.45, 2.75) is 37.8 Å². The van der Waals surface area contributed by atoms with Gasteiger partial charge in [0.2, 0.25) is 5.91 Å². The van der Waals surface area contributed by atoms with Gasteiger partial charge in [-0.15, -0.1) is 12.4 Å². The second kappa shape index (κ2) is 10.5. The van der Waals surface area contributed by atoms with Crippen molar-refractivity contribution in [2.24, 2.45) is 0 Å². The number of nitrogens with one attached hydrogen (secondary N) is 2. The van der Waals surface area contributed by atoms with E-state index < -0.39 is 0 Å². The van der Waals surface area contributed by atoms with Gasteiger partial charge in [-0.3, -0.25) is 4.79 Å². The topological polar surface area (TPSA) is 88.5 Å². The van der Waals surface area contributed by atoms with E-state index in [0.29, 0.717) is 30.3 Å². The molecule has 0 spiro atoms. The van der Waals surface area contributed by atoms with Gasteiger partial charge in [0.15, 0.2) is 0 Å². The van der Waals surface area contributed by atoms with Crippen molar-refractivity contribution in [3.05, 3.63) is 29.3 Å². The summed E-state index contributed by atoms with van der Waals surface area (Å²) in [5, 5.41) is 15.9. The lowest BCUT2D eigenvalue weighted by molar-refractivity contribution is -0.130. The molecule has 2 fully saturated rings. The van der Waals surface area contributed by atoms with Crippen LogP contribution in [0.5, 0.6) is 0 Å². The number of rotatable bonds is 4. The number of hydrogen-bond acceptors (Lipinski definition) is 4. The predicted molar refractivity (Wildman–Crippen MR) is 111 cm³/mol. The summed E-state index contributed by atoms with van der Waals surface area (Å²) in [6.07, 6.45) is 3.25. The lowest BCUT2D eigenvalue weighted by atomic mass is 10.1. The molecule has 0 radical (unpaired) electrons. The number of urea groups is 1. The number of halogens is 2. The molecule has 2 saturated heterocycles. The third-order valence-electron chi connectivity index (χ3n) is 5.14. The van der Waals surface area contributed by atoms with Crippen LogP contribution in [0.25, 0.3) is 0 Å². The number of carbonyl (C=O) groups is 2. The Morgan fingerprint density at radius 2 is 1.82 bits per heavy atom. The van der Waals surface area contributed by atoms with Crippen molar-refractivity contribution in [1.82, 2.24) is 15.1 Å². The standard InChI is InChI=1S/C19H24ClN5O2.ClH/c20-14-3-5-16(6-4-14)23-19(27)24-10-7-15(8-11-24)22-13-18(26)25-9-1-2-17(25)12-21;/h3-6,15,17,22H,1-2,7-11,13H2,(H,23,27);1H/t17-;/m0./s1. The monoisotopic (exact) mass is 425 g/mol. The zero-order chi connectivity index (χ0) is 19.2. The van der Waals surface area contributed by atoms with E-state index >= 15 is 0 Å². The average molecular weight is 426 g/mol. The molecule has 1 atom stereocenters. The van der Waals surface area contributed by atoms with Crippen LogP contribution in [-0.4, -0.2) is 60.0 Å². The fourth-order valence-corrected chi connectivity index (χ4v) is 3.68. The number of hydrogen-bond donors (Lipinski definition) is 2. The van der Waals surface area contributed by atoms with Crippen LogP contribution < -0.4 is 10.6 Å². The zero-order valence-corrected chi connectivity index (χ0v) is 17.1. The first-order valence-corrected chi connectivity index (χ1v) is 9.68. The molecule has 0 unspecified atom stereocenters. The second-order valence-electron chi connectivity index (χ2n) is 6.95. The molecule has 2 aliphatic heterocycles. The number of nitrogens with zero attached hydrogens (tertiary/aromatic N) is 3. The van der Waals surface area contributed by atoms with Gasteiger partial charge in [-0.2, -0.15) is 5.26 Å². The first kappa shape index (κ1) is 22.3. The Hall–Kier alpha value is -2.01. The van der Waals surface area contributed by atoms with Gasteiger partial charge in [0.1, 0.15) is 6.04 Å². The molecule has 28 heavy (non-hydrogen) atoms. The fourth-order valence-electron chi connectivity index (χ4n) is 3.56. The van der Waals surface area contributed by atoms with Gasteiger partial charge in [0.25, 0.3) is 0 Å². The molecular formula is C19H25Cl2N5O2. The van der Waals surface area contributed by atoms with Crippen molar-refractivity contribution >= 4 is 41.6 Å². The van der Waals surface area contributed by atoms with Gasteiger partial charge >= 0.3 is 6.03 Å². The summed E-state index contributed by atoms with van der Waals surface area (Å²) >= 11 is 5.85. The first-order valence-electron chi connectivity index (χ1n) is 9.31. The second-order valence-corrected chi connectivity index (χ2v) is 7.39. The van der Waals surface area contributed by atoms with Gasteiger partial charge in [-0.05, 0) is 49.9 Å². The van der Waals surface area contributed by atoms with Crippen molar-refractivity contribution in [2.75, 3.05) is 31.5 Å². The highest BCUT2D eigenvalue weighted by Crippen LogP contribution is 2.18. The normalized spacial score (nSPS) is 19.6. The first-order chi connectivity index (χ1) is 13.1. The Labute approximate surface area is 176 Å². The van der Waals surface area contributed by atoms with E-state index in [4.69, 9.17) is 16.9 Å². The average Bonchev–Trinajstić information content (AvgIpc) is 3.17. The molecule has 3 rings (SSSR count). The summed E-state index contributed by atoms with van der Waals surface area (Å²) in [4.78, 5) is 28.1. The predicted octanol–water partition coefficient (Wildman–Crippen LogP) is 2.86. The summed E-state index contributed by atoms with van der Waals surface area (Å²) in [5.74, 6) is -0.0121. The van der Waals surface area contributed by atoms with Crippen LogP contribution in [0.3, 0.4) is 0 Å². The van der Waals surface area contributed by atoms with E-state index in [-0.39, 0.29) is 43.0 Å². The molecule has 7 nitrogen and oxygen atoms in total. The molecule has 3 amide bonds. The Balaban J connectivity index is 0.00000280. The minimum Gasteiger partial charge on any atom is -0.326 e. The van der Waals surface area contributed by atoms with Gasteiger partial charge in [0.05, 0.1) is 12.6 Å². The Bertz CT molecular complexity index is 714. The molecule has 0 aromatic heterocycles. The molecule has 9 heteroatoms. The Morgan fingerprint density at radius 3 is 2.46 bits per heavy atom. The fraction of sp³-hybridized carbons (Fsp3) is 0.526. The van der Waals surface area contributed by atoms with Crippen LogP contribution in [0, 0.1) is 11.3 Å². The summed E-state index contributed by atoms with van der Waals surface area (Å²) in [6, 6.07) is 9.01. The number of carbonyl (C=O) groups excluding carboxylic acids is 2. The quantitative estimate of drug-likeness (QED) is 0.775. The molecule has 0 bridgehead atoms. The zero-order valence-electron chi connectivity index (χ0n) is 15.6. The van der Waals surface area contributed by atoms with Gasteiger partial charge in [-0.1, -0.05) is 11.6 Å². The maximum Gasteiger partial charge on any atom is 0.321 e. The maximum atomic E-state index is 12.3. The number of piperidine rings is 1. The molecule has 1 aromatic carbocycles. The Kier molecular flexibility index (Phi) is 8.36. The minimum absolute atomic E-state index is 0. The number of benzene rings is 1. The summed E-state index contributed by atoms with van der Waals surface area (Å²) in [6.45, 7) is 2.19. The summed E-state index contributed by atoms with van der Waals surface area (Å²) in [7, 11) is 0. The third-order valence-corrected chi connectivity index (χ3v) is 5.39. The van der Waals surface area contributed by atoms with Crippen LogP contribution in [0.2, 0.25) is 5.02 Å². The number of likely N-dealkylation sites (tertiary alicyclic amines) is 2. The van der Waals surface area contributed by atoms with Crippen LogP contribution in [0.4, 0.5) is 10.5 Å². The van der Waals surface area contributed by atoms with E-state index in [2.05, 4.69) is 16.7 Å². The van der Waals surface area contributed by atoms with Crippen LogP contribution >= 0.6 is 24.0 Å². The molecule has 0 saturated carbocycles. The van der Waals surface area contributed by atoms with Crippen molar-refractivity contribution in [1.29, 1.82) is 5.26 Å². The Morgan fingerprint density at radius 1 is 1.14 bits per heavy atom. The highest BCUT2D eigenvalue weighted by atomic mass is 35.5. The van der Waals surface area contributed by atoms with Gasteiger partial charge in [-0.25, -0.2) is 4.79 Å².